The third-order valence-electron chi connectivity index (χ3n) is 7.05. The van der Waals surface area contributed by atoms with Gasteiger partial charge in [0.15, 0.2) is 5.54 Å². The Kier molecular flexibility index (Phi) is 8.55. The van der Waals surface area contributed by atoms with Crippen molar-refractivity contribution in [2.45, 2.75) is 88.6 Å². The molecule has 1 saturated carbocycles. The molecule has 1 aliphatic carbocycles. The van der Waals surface area contributed by atoms with Gasteiger partial charge in [0.05, 0.1) is 5.25 Å². The minimum Gasteiger partial charge on any atom is -0.332 e. The number of hydrogen-bond acceptors (Lipinski definition) is 6. The smallest absolute Gasteiger partial charge is 0.332 e. The summed E-state index contributed by atoms with van der Waals surface area (Å²) in [6, 6.07) is 6.36. The first-order chi connectivity index (χ1) is 18.4. The Hall–Kier alpha value is -2.73. The predicted octanol–water partition coefficient (Wildman–Crippen LogP) is 5.30. The minimum atomic E-state index is -4.95. The van der Waals surface area contributed by atoms with Crippen molar-refractivity contribution in [1.82, 2.24) is 15.0 Å². The molecule has 39 heavy (non-hydrogen) atoms. The molecule has 0 radical (unpaired) electrons. The fourth-order valence-corrected chi connectivity index (χ4v) is 7.02. The molecule has 0 spiro atoms. The third kappa shape index (κ3) is 6.37. The van der Waals surface area contributed by atoms with Gasteiger partial charge >= 0.3 is 6.18 Å². The van der Waals surface area contributed by atoms with Gasteiger partial charge in [-0.2, -0.15) is 13.2 Å². The Morgan fingerprint density at radius 2 is 1.82 bits per heavy atom. The van der Waals surface area contributed by atoms with Crippen LogP contribution in [-0.2, 0) is 31.6 Å². The molecule has 1 atom stereocenters. The van der Waals surface area contributed by atoms with Crippen LogP contribution in [0.25, 0.3) is 5.57 Å². The summed E-state index contributed by atoms with van der Waals surface area (Å²) in [4.78, 5) is 31.2. The van der Waals surface area contributed by atoms with Gasteiger partial charge in [-0.3, -0.25) is 9.59 Å². The lowest BCUT2D eigenvalue weighted by Crippen LogP contribution is -2.60. The SMILES string of the molecule is CCCCCCCc1cnc([C@@]2(C(F)(F)F)CC(c3ccc(C)cc3)=C(C(=O)NS(=O)(=O)C3CC3)C(=O)N2)s1. The number of rotatable bonds is 11. The average Bonchev–Trinajstić information content (AvgIpc) is 3.62. The van der Waals surface area contributed by atoms with Gasteiger partial charge in [-0.25, -0.2) is 18.1 Å². The number of sulfonamides is 1. The molecular formula is C27H32F3N3O4S2. The van der Waals surface area contributed by atoms with E-state index < -0.39 is 50.8 Å². The Balaban J connectivity index is 1.73. The van der Waals surface area contributed by atoms with Crippen molar-refractivity contribution in [3.63, 3.8) is 0 Å². The number of unbranched alkanes of at least 4 members (excludes halogenated alkanes) is 4. The van der Waals surface area contributed by atoms with E-state index in [0.717, 1.165) is 49.0 Å². The van der Waals surface area contributed by atoms with Crippen molar-refractivity contribution in [1.29, 1.82) is 0 Å². The molecule has 4 rings (SSSR count). The molecule has 2 N–H and O–H groups in total. The molecule has 2 aromatic rings. The molecule has 2 amide bonds. The zero-order valence-corrected chi connectivity index (χ0v) is 23.5. The Morgan fingerprint density at radius 1 is 1.15 bits per heavy atom. The number of carbonyl (C=O) groups is 2. The van der Waals surface area contributed by atoms with E-state index in [1.54, 1.807) is 19.1 Å². The normalized spacial score (nSPS) is 20.2. The van der Waals surface area contributed by atoms with Gasteiger partial charge in [-0.1, -0.05) is 62.4 Å². The zero-order valence-electron chi connectivity index (χ0n) is 21.9. The fraction of sp³-hybridized carbons (Fsp3) is 0.519. The van der Waals surface area contributed by atoms with Crippen LogP contribution in [0.3, 0.4) is 0 Å². The maximum atomic E-state index is 14.9. The van der Waals surface area contributed by atoms with E-state index in [-0.39, 0.29) is 16.1 Å². The predicted molar refractivity (Wildman–Crippen MR) is 143 cm³/mol. The molecule has 12 heteroatoms. The summed E-state index contributed by atoms with van der Waals surface area (Å²) in [5, 5.41) is 0.960. The van der Waals surface area contributed by atoms with E-state index in [0.29, 0.717) is 24.1 Å². The van der Waals surface area contributed by atoms with E-state index in [1.165, 1.54) is 18.3 Å². The van der Waals surface area contributed by atoms with Crippen molar-refractivity contribution in [2.24, 2.45) is 0 Å². The van der Waals surface area contributed by atoms with E-state index in [9.17, 15) is 31.2 Å². The van der Waals surface area contributed by atoms with Gasteiger partial charge in [0.25, 0.3) is 11.8 Å². The Morgan fingerprint density at radius 3 is 2.44 bits per heavy atom. The molecule has 0 saturated heterocycles. The van der Waals surface area contributed by atoms with Gasteiger partial charge in [-0.05, 0) is 43.7 Å². The number of aryl methyl sites for hydroxylation is 2. The third-order valence-corrected chi connectivity index (χ3v) is 10.1. The highest BCUT2D eigenvalue weighted by Crippen LogP contribution is 2.49. The average molecular weight is 584 g/mol. The van der Waals surface area contributed by atoms with Gasteiger partial charge in [0, 0.05) is 17.5 Å². The standard InChI is InChI=1S/C27H32F3N3O4S2/c1-3-4-5-6-7-8-19-16-31-25(38-19)26(27(28,29)30)15-21(18-11-9-17(2)10-12-18)22(23(34)32-26)24(35)33-39(36,37)20-13-14-20/h9-12,16,20H,3-8,13-15H2,1-2H3,(H,32,34)(H,33,35)/t26-/m1/s1. The molecule has 0 unspecified atom stereocenters. The number of amides is 2. The van der Waals surface area contributed by atoms with Crippen LogP contribution < -0.4 is 10.0 Å². The quantitative estimate of drug-likeness (QED) is 0.276. The lowest BCUT2D eigenvalue weighted by atomic mass is 9.80. The summed E-state index contributed by atoms with van der Waals surface area (Å²) in [5.41, 5.74) is -2.64. The monoisotopic (exact) mass is 583 g/mol. The van der Waals surface area contributed by atoms with Crippen LogP contribution in [0.2, 0.25) is 0 Å². The van der Waals surface area contributed by atoms with Crippen molar-refractivity contribution < 1.29 is 31.2 Å². The van der Waals surface area contributed by atoms with Crippen LogP contribution in [0.15, 0.2) is 36.0 Å². The highest BCUT2D eigenvalue weighted by atomic mass is 32.2. The molecule has 0 bridgehead atoms. The van der Waals surface area contributed by atoms with Crippen molar-refractivity contribution >= 4 is 38.7 Å². The van der Waals surface area contributed by atoms with E-state index >= 15 is 0 Å². The summed E-state index contributed by atoms with van der Waals surface area (Å²) < 4.78 is 71.3. The van der Waals surface area contributed by atoms with Crippen molar-refractivity contribution in [3.8, 4) is 0 Å². The molecule has 212 valence electrons. The summed E-state index contributed by atoms with van der Waals surface area (Å²) >= 11 is 0.898. The maximum Gasteiger partial charge on any atom is 0.418 e. The summed E-state index contributed by atoms with van der Waals surface area (Å²) in [6.07, 6.45) is 2.02. The van der Waals surface area contributed by atoms with E-state index in [4.69, 9.17) is 0 Å². The first kappa shape index (κ1) is 29.3. The minimum absolute atomic E-state index is 0.184. The van der Waals surface area contributed by atoms with Crippen LogP contribution in [0.5, 0.6) is 0 Å². The van der Waals surface area contributed by atoms with Gasteiger partial charge < -0.3 is 5.32 Å². The summed E-state index contributed by atoms with van der Waals surface area (Å²) in [5.74, 6) is -2.54. The number of benzene rings is 1. The highest BCUT2D eigenvalue weighted by molar-refractivity contribution is 7.91. The molecule has 1 aromatic carbocycles. The topological polar surface area (TPSA) is 105 Å². The second kappa shape index (κ2) is 11.4. The molecule has 7 nitrogen and oxygen atoms in total. The molecule has 1 fully saturated rings. The lowest BCUT2D eigenvalue weighted by molar-refractivity contribution is -0.201. The second-order valence-electron chi connectivity index (χ2n) is 10.2. The largest absolute Gasteiger partial charge is 0.418 e. The number of nitrogens with one attached hydrogen (secondary N) is 2. The number of thiazole rings is 1. The fourth-order valence-electron chi connectivity index (χ4n) is 4.62. The second-order valence-corrected chi connectivity index (χ2v) is 13.3. The van der Waals surface area contributed by atoms with Gasteiger partial charge in [0.1, 0.15) is 10.6 Å². The zero-order chi connectivity index (χ0) is 28.4. The maximum absolute atomic E-state index is 14.9. The molecule has 1 aliphatic heterocycles. The Labute approximate surface area is 230 Å². The summed E-state index contributed by atoms with van der Waals surface area (Å²) in [7, 11) is -4.04. The number of nitrogens with zero attached hydrogens (tertiary/aromatic N) is 1. The van der Waals surface area contributed by atoms with E-state index in [2.05, 4.69) is 11.9 Å². The molecule has 2 aliphatic rings. The van der Waals surface area contributed by atoms with Gasteiger partial charge in [-0.15, -0.1) is 11.3 Å². The highest BCUT2D eigenvalue weighted by Gasteiger charge is 2.62. The van der Waals surface area contributed by atoms with Crippen molar-refractivity contribution in [3.05, 3.63) is 57.0 Å². The van der Waals surface area contributed by atoms with Crippen LogP contribution in [0.1, 0.15) is 79.3 Å². The first-order valence-corrected chi connectivity index (χ1v) is 15.4. The first-order valence-electron chi connectivity index (χ1n) is 13.1. The van der Waals surface area contributed by atoms with E-state index in [1.807, 2.05) is 10.0 Å². The number of hydrogen-bond donors (Lipinski definition) is 2. The lowest BCUT2D eigenvalue weighted by Gasteiger charge is -2.39. The number of alkyl halides is 3. The van der Waals surface area contributed by atoms with Crippen LogP contribution in [-0.4, -0.2) is 36.6 Å². The van der Waals surface area contributed by atoms with Crippen LogP contribution >= 0.6 is 11.3 Å². The van der Waals surface area contributed by atoms with Crippen molar-refractivity contribution in [2.75, 3.05) is 0 Å². The number of halogens is 3. The summed E-state index contributed by atoms with van der Waals surface area (Å²) in [6.45, 7) is 3.89. The van der Waals surface area contributed by atoms with Crippen LogP contribution in [0, 0.1) is 6.92 Å². The number of aromatic nitrogens is 1. The van der Waals surface area contributed by atoms with Gasteiger partial charge in [0.2, 0.25) is 10.0 Å². The molecular weight excluding hydrogens is 551 g/mol. The van der Waals surface area contributed by atoms with Crippen LogP contribution in [0.4, 0.5) is 13.2 Å². The Bertz CT molecular complexity index is 1360. The molecule has 2 heterocycles. The molecule has 1 aromatic heterocycles. The number of carbonyl (C=O) groups excluding carboxylic acids is 2.